The van der Waals surface area contributed by atoms with Crippen molar-refractivity contribution in [2.75, 3.05) is 19.4 Å². The van der Waals surface area contributed by atoms with E-state index in [1.807, 2.05) is 0 Å². The molecular formula is C14H20N2O4. The van der Waals surface area contributed by atoms with Crippen LogP contribution < -0.4 is 5.32 Å². The lowest BCUT2D eigenvalue weighted by Crippen LogP contribution is -2.41. The molecule has 0 aromatic heterocycles. The van der Waals surface area contributed by atoms with Crippen molar-refractivity contribution >= 4 is 17.6 Å². The van der Waals surface area contributed by atoms with E-state index in [4.69, 9.17) is 4.74 Å². The normalized spacial score (nSPS) is 13.7. The average Bonchev–Trinajstić information content (AvgIpc) is 2.35. The zero-order valence-corrected chi connectivity index (χ0v) is 12.1. The van der Waals surface area contributed by atoms with Gasteiger partial charge in [0.15, 0.2) is 6.23 Å². The first-order chi connectivity index (χ1) is 9.31. The van der Waals surface area contributed by atoms with Gasteiger partial charge in [-0.2, -0.15) is 0 Å². The van der Waals surface area contributed by atoms with Crippen LogP contribution >= 0.6 is 0 Å². The van der Waals surface area contributed by atoms with Gasteiger partial charge in [-0.05, 0) is 45.3 Å². The number of aliphatic hydroxyl groups excluding tert-OH is 1. The van der Waals surface area contributed by atoms with Crippen LogP contribution in [0.3, 0.4) is 0 Å². The van der Waals surface area contributed by atoms with Crippen molar-refractivity contribution in [3.8, 4) is 0 Å². The number of hydrogen-bond acceptors (Lipinski definition) is 5. The Morgan fingerprint density at radius 2 is 1.80 bits per heavy atom. The van der Waals surface area contributed by atoms with Crippen LogP contribution in [0.2, 0.25) is 0 Å². The molecule has 0 radical (unpaired) electrons. The molecule has 6 heteroatoms. The zero-order chi connectivity index (χ0) is 15.3. The third-order valence-corrected chi connectivity index (χ3v) is 2.59. The maximum Gasteiger partial charge on any atom is 0.339 e. The topological polar surface area (TPSA) is 78.9 Å². The van der Waals surface area contributed by atoms with E-state index in [2.05, 4.69) is 5.32 Å². The molecule has 110 valence electrons. The van der Waals surface area contributed by atoms with Crippen molar-refractivity contribution in [3.05, 3.63) is 29.8 Å². The number of rotatable bonds is 5. The fourth-order valence-electron chi connectivity index (χ4n) is 1.71. The molecule has 0 bridgehead atoms. The van der Waals surface area contributed by atoms with Gasteiger partial charge in [-0.25, -0.2) is 4.79 Å². The van der Waals surface area contributed by atoms with Gasteiger partial charge in [0.05, 0.1) is 5.56 Å². The van der Waals surface area contributed by atoms with Crippen molar-refractivity contribution in [2.45, 2.75) is 26.2 Å². The van der Waals surface area contributed by atoms with Gasteiger partial charge >= 0.3 is 5.97 Å². The molecular weight excluding hydrogens is 260 g/mol. The van der Waals surface area contributed by atoms with Crippen molar-refractivity contribution < 1.29 is 19.4 Å². The van der Waals surface area contributed by atoms with Crippen LogP contribution in [0.4, 0.5) is 5.69 Å². The van der Waals surface area contributed by atoms with Crippen LogP contribution in [0.1, 0.15) is 24.2 Å². The second-order valence-corrected chi connectivity index (χ2v) is 4.76. The minimum Gasteiger partial charge on any atom is -0.440 e. The number of benzene rings is 1. The van der Waals surface area contributed by atoms with Crippen LogP contribution in [0, 0.1) is 0 Å². The number of esters is 1. The van der Waals surface area contributed by atoms with E-state index in [0.29, 0.717) is 11.3 Å². The lowest BCUT2D eigenvalue weighted by Gasteiger charge is -2.26. The van der Waals surface area contributed by atoms with Crippen molar-refractivity contribution in [2.24, 2.45) is 0 Å². The fourth-order valence-corrected chi connectivity index (χ4v) is 1.71. The zero-order valence-electron chi connectivity index (χ0n) is 12.1. The molecule has 2 unspecified atom stereocenters. The molecule has 0 heterocycles. The molecule has 2 atom stereocenters. The molecule has 0 saturated carbocycles. The number of likely N-dealkylation sites (N-methyl/N-ethyl adjacent to an activating group) is 1. The minimum absolute atomic E-state index is 0.179. The molecule has 20 heavy (non-hydrogen) atoms. The lowest BCUT2D eigenvalue weighted by molar-refractivity contribution is -0.114. The number of aliphatic hydroxyl groups is 1. The molecule has 1 aromatic rings. The minimum atomic E-state index is -0.799. The Kier molecular flexibility index (Phi) is 5.66. The van der Waals surface area contributed by atoms with E-state index >= 15 is 0 Å². The summed E-state index contributed by atoms with van der Waals surface area (Å²) in [4.78, 5) is 24.5. The van der Waals surface area contributed by atoms with Gasteiger partial charge in [0.25, 0.3) is 0 Å². The number of anilines is 1. The van der Waals surface area contributed by atoms with Gasteiger partial charge in [0.2, 0.25) is 5.91 Å². The molecule has 0 spiro atoms. The maximum absolute atomic E-state index is 12.0. The number of carbonyl (C=O) groups is 2. The van der Waals surface area contributed by atoms with Crippen LogP contribution in [-0.2, 0) is 9.53 Å². The van der Waals surface area contributed by atoms with Gasteiger partial charge in [-0.3, -0.25) is 9.69 Å². The second-order valence-electron chi connectivity index (χ2n) is 4.76. The summed E-state index contributed by atoms with van der Waals surface area (Å²) in [5.74, 6) is -0.707. The van der Waals surface area contributed by atoms with E-state index in [0.717, 1.165) is 0 Å². The lowest BCUT2D eigenvalue weighted by atomic mass is 10.2. The van der Waals surface area contributed by atoms with Gasteiger partial charge < -0.3 is 15.2 Å². The largest absolute Gasteiger partial charge is 0.440 e. The molecule has 2 N–H and O–H groups in total. The summed E-state index contributed by atoms with van der Waals surface area (Å²) in [5, 5.41) is 12.2. The van der Waals surface area contributed by atoms with Crippen LogP contribution in [0.15, 0.2) is 24.3 Å². The predicted octanol–water partition coefficient (Wildman–Crippen LogP) is 1.07. The SMILES string of the molecule is CC(=O)Nc1ccc(C(=O)OC(C(C)O)N(C)C)cc1. The third kappa shape index (κ3) is 4.64. The number of carbonyl (C=O) groups excluding carboxylic acids is 2. The highest BCUT2D eigenvalue weighted by Crippen LogP contribution is 2.12. The summed E-state index contributed by atoms with van der Waals surface area (Å²) >= 11 is 0. The molecule has 1 rings (SSSR count). The van der Waals surface area contributed by atoms with Gasteiger partial charge in [-0.15, -0.1) is 0 Å². The summed E-state index contributed by atoms with van der Waals surface area (Å²) < 4.78 is 5.23. The molecule has 0 saturated heterocycles. The standard InChI is InChI=1S/C14H20N2O4/c1-9(17)13(16(3)4)20-14(19)11-5-7-12(8-6-11)15-10(2)18/h5-9,13,17H,1-4H3,(H,15,18). The summed E-state index contributed by atoms with van der Waals surface area (Å²) in [5.41, 5.74) is 0.959. The Morgan fingerprint density at radius 3 is 2.20 bits per heavy atom. The summed E-state index contributed by atoms with van der Waals surface area (Å²) in [6.07, 6.45) is -1.51. The first-order valence-electron chi connectivity index (χ1n) is 6.24. The molecule has 0 aliphatic rings. The summed E-state index contributed by atoms with van der Waals surface area (Å²) in [6, 6.07) is 6.35. The summed E-state index contributed by atoms with van der Waals surface area (Å²) in [6.45, 7) is 2.96. The van der Waals surface area contributed by atoms with Crippen molar-refractivity contribution in [1.29, 1.82) is 0 Å². The Morgan fingerprint density at radius 1 is 1.25 bits per heavy atom. The van der Waals surface area contributed by atoms with Gasteiger partial charge in [0.1, 0.15) is 6.10 Å². The Balaban J connectivity index is 2.74. The van der Waals surface area contributed by atoms with Crippen LogP contribution in [-0.4, -0.2) is 48.3 Å². The van der Waals surface area contributed by atoms with E-state index in [9.17, 15) is 14.7 Å². The van der Waals surface area contributed by atoms with Crippen molar-refractivity contribution in [1.82, 2.24) is 4.90 Å². The first-order valence-corrected chi connectivity index (χ1v) is 6.24. The Hall–Kier alpha value is -1.92. The quantitative estimate of drug-likeness (QED) is 0.623. The highest BCUT2D eigenvalue weighted by atomic mass is 16.6. The Bertz CT molecular complexity index is 461. The van der Waals surface area contributed by atoms with Crippen molar-refractivity contribution in [3.63, 3.8) is 0 Å². The smallest absolute Gasteiger partial charge is 0.339 e. The number of amides is 1. The maximum atomic E-state index is 12.0. The average molecular weight is 280 g/mol. The van der Waals surface area contributed by atoms with E-state index < -0.39 is 18.3 Å². The molecule has 0 aliphatic heterocycles. The fraction of sp³-hybridized carbons (Fsp3) is 0.429. The summed E-state index contributed by atoms with van der Waals surface area (Å²) in [7, 11) is 3.43. The van der Waals surface area contributed by atoms with E-state index in [-0.39, 0.29) is 5.91 Å². The second kappa shape index (κ2) is 7.02. The molecule has 1 amide bonds. The monoisotopic (exact) mass is 280 g/mol. The number of nitrogens with one attached hydrogen (secondary N) is 1. The molecule has 0 fully saturated rings. The number of nitrogens with zero attached hydrogens (tertiary/aromatic N) is 1. The highest BCUT2D eigenvalue weighted by Gasteiger charge is 2.22. The number of hydrogen-bond donors (Lipinski definition) is 2. The van der Waals surface area contributed by atoms with Gasteiger partial charge in [-0.1, -0.05) is 0 Å². The van der Waals surface area contributed by atoms with Gasteiger partial charge in [0, 0.05) is 12.6 Å². The highest BCUT2D eigenvalue weighted by molar-refractivity contribution is 5.92. The van der Waals surface area contributed by atoms with E-state index in [1.54, 1.807) is 50.2 Å². The first kappa shape index (κ1) is 16.1. The Labute approximate surface area is 118 Å². The number of ether oxygens (including phenoxy) is 1. The van der Waals surface area contributed by atoms with E-state index in [1.165, 1.54) is 6.92 Å². The van der Waals surface area contributed by atoms with Crippen LogP contribution in [0.25, 0.3) is 0 Å². The third-order valence-electron chi connectivity index (χ3n) is 2.59. The van der Waals surface area contributed by atoms with Crippen LogP contribution in [0.5, 0.6) is 0 Å². The molecule has 1 aromatic carbocycles. The molecule has 0 aliphatic carbocycles. The molecule has 6 nitrogen and oxygen atoms in total. The predicted molar refractivity (Wildman–Crippen MR) is 75.3 cm³/mol.